The third-order valence-corrected chi connectivity index (χ3v) is 4.02. The summed E-state index contributed by atoms with van der Waals surface area (Å²) in [6, 6.07) is 0. The zero-order valence-corrected chi connectivity index (χ0v) is 13.1. The fourth-order valence-corrected chi connectivity index (χ4v) is 2.94. The van der Waals surface area contributed by atoms with E-state index in [4.69, 9.17) is 0 Å². The van der Waals surface area contributed by atoms with Crippen LogP contribution in [-0.2, 0) is 0 Å². The minimum atomic E-state index is 0.390. The molecule has 0 spiro atoms. The number of nitrogens with zero attached hydrogens (tertiary/aromatic N) is 2. The van der Waals surface area contributed by atoms with Gasteiger partial charge in [-0.05, 0) is 45.8 Å². The highest BCUT2D eigenvalue weighted by molar-refractivity contribution is 4.94. The van der Waals surface area contributed by atoms with Crippen LogP contribution in [0.25, 0.3) is 0 Å². The molecule has 3 heteroatoms. The van der Waals surface area contributed by atoms with Gasteiger partial charge in [0.1, 0.15) is 0 Å². The summed E-state index contributed by atoms with van der Waals surface area (Å²) in [6.45, 7) is 13.0. The van der Waals surface area contributed by atoms with Crippen LogP contribution in [0.4, 0.5) is 0 Å². The van der Waals surface area contributed by atoms with Crippen LogP contribution >= 0.6 is 0 Å². The molecule has 0 aromatic rings. The molecule has 1 unspecified atom stereocenters. The van der Waals surface area contributed by atoms with E-state index in [-0.39, 0.29) is 0 Å². The number of likely N-dealkylation sites (N-methyl/N-ethyl adjacent to an activating group) is 1. The van der Waals surface area contributed by atoms with Crippen LogP contribution in [0.5, 0.6) is 0 Å². The van der Waals surface area contributed by atoms with Gasteiger partial charge in [0.15, 0.2) is 0 Å². The van der Waals surface area contributed by atoms with Crippen molar-refractivity contribution in [3.63, 3.8) is 0 Å². The van der Waals surface area contributed by atoms with E-state index in [0.717, 1.165) is 12.5 Å². The fraction of sp³-hybridized carbons (Fsp3) is 1.00. The van der Waals surface area contributed by atoms with Gasteiger partial charge in [-0.1, -0.05) is 20.8 Å². The molecular formula is C15H33N3. The van der Waals surface area contributed by atoms with Crippen molar-refractivity contribution in [2.24, 2.45) is 5.92 Å². The number of nitrogens with one attached hydrogen (secondary N) is 1. The van der Waals surface area contributed by atoms with Crippen molar-refractivity contribution < 1.29 is 0 Å². The molecular weight excluding hydrogens is 222 g/mol. The molecule has 1 aliphatic heterocycles. The Bertz CT molecular complexity index is 220. The lowest BCUT2D eigenvalue weighted by atomic mass is 9.93. The summed E-state index contributed by atoms with van der Waals surface area (Å²) < 4.78 is 0. The molecule has 0 bridgehead atoms. The molecule has 1 rings (SSSR count). The summed E-state index contributed by atoms with van der Waals surface area (Å²) in [6.07, 6.45) is 3.95. The maximum Gasteiger partial charge on any atom is 0.0306 e. The van der Waals surface area contributed by atoms with Gasteiger partial charge in [-0.2, -0.15) is 0 Å². The quantitative estimate of drug-likeness (QED) is 0.716. The third-order valence-electron chi connectivity index (χ3n) is 4.02. The minimum absolute atomic E-state index is 0.390. The Kier molecular flexibility index (Phi) is 6.61. The maximum absolute atomic E-state index is 3.76. The summed E-state index contributed by atoms with van der Waals surface area (Å²) in [7, 11) is 4.33. The lowest BCUT2D eigenvalue weighted by molar-refractivity contribution is 0.160. The summed E-state index contributed by atoms with van der Waals surface area (Å²) in [4.78, 5) is 4.94. The van der Waals surface area contributed by atoms with Crippen LogP contribution in [0.3, 0.4) is 0 Å². The van der Waals surface area contributed by atoms with Gasteiger partial charge in [-0.25, -0.2) is 0 Å². The highest BCUT2D eigenvalue weighted by Gasteiger charge is 2.33. The molecule has 1 saturated heterocycles. The monoisotopic (exact) mass is 255 g/mol. The zero-order valence-electron chi connectivity index (χ0n) is 13.1. The standard InChI is InChI=1S/C15H33N3/c1-6-15(8-7-9-16-15)13-18(12-14(2)3)11-10-17(4)5/h14,16H,6-13H2,1-5H3. The smallest absolute Gasteiger partial charge is 0.0306 e. The Labute approximate surface area is 114 Å². The molecule has 3 nitrogen and oxygen atoms in total. The van der Waals surface area contributed by atoms with E-state index in [0.29, 0.717) is 5.54 Å². The highest BCUT2D eigenvalue weighted by Crippen LogP contribution is 2.24. The summed E-state index contributed by atoms with van der Waals surface area (Å²) in [5.41, 5.74) is 0.390. The van der Waals surface area contributed by atoms with Crippen LogP contribution in [0.15, 0.2) is 0 Å². The SMILES string of the molecule is CCC1(CN(CCN(C)C)CC(C)C)CCCN1. The molecule has 0 amide bonds. The molecule has 18 heavy (non-hydrogen) atoms. The number of hydrogen-bond donors (Lipinski definition) is 1. The van der Waals surface area contributed by atoms with Gasteiger partial charge >= 0.3 is 0 Å². The van der Waals surface area contributed by atoms with Gasteiger partial charge < -0.3 is 10.2 Å². The molecule has 0 radical (unpaired) electrons. The first kappa shape index (κ1) is 15.9. The first-order valence-corrected chi connectivity index (χ1v) is 7.59. The maximum atomic E-state index is 3.76. The van der Waals surface area contributed by atoms with Crippen molar-refractivity contribution in [1.82, 2.24) is 15.1 Å². The van der Waals surface area contributed by atoms with Crippen LogP contribution in [0, 0.1) is 5.92 Å². The van der Waals surface area contributed by atoms with Crippen LogP contribution < -0.4 is 5.32 Å². The minimum Gasteiger partial charge on any atom is -0.310 e. The van der Waals surface area contributed by atoms with Crippen molar-refractivity contribution in [1.29, 1.82) is 0 Å². The van der Waals surface area contributed by atoms with Crippen molar-refractivity contribution in [2.75, 3.05) is 46.8 Å². The molecule has 1 heterocycles. The van der Waals surface area contributed by atoms with E-state index in [1.54, 1.807) is 0 Å². The Balaban J connectivity index is 2.52. The average molecular weight is 255 g/mol. The number of rotatable bonds is 8. The normalized spacial score (nSPS) is 24.7. The molecule has 0 saturated carbocycles. The summed E-state index contributed by atoms with van der Waals surface area (Å²) in [5.74, 6) is 0.752. The molecule has 108 valence electrons. The van der Waals surface area contributed by atoms with E-state index < -0.39 is 0 Å². The molecule has 1 atom stereocenters. The summed E-state index contributed by atoms with van der Waals surface area (Å²) in [5, 5.41) is 3.76. The van der Waals surface area contributed by atoms with Gasteiger partial charge in [0.2, 0.25) is 0 Å². The van der Waals surface area contributed by atoms with E-state index in [9.17, 15) is 0 Å². The van der Waals surface area contributed by atoms with Crippen molar-refractivity contribution in [3.05, 3.63) is 0 Å². The first-order valence-electron chi connectivity index (χ1n) is 7.59. The van der Waals surface area contributed by atoms with Gasteiger partial charge in [0, 0.05) is 31.7 Å². The molecule has 1 fully saturated rings. The number of hydrogen-bond acceptors (Lipinski definition) is 3. The van der Waals surface area contributed by atoms with Gasteiger partial charge in [0.25, 0.3) is 0 Å². The largest absolute Gasteiger partial charge is 0.310 e. The van der Waals surface area contributed by atoms with Crippen LogP contribution in [0.1, 0.15) is 40.0 Å². The second kappa shape index (κ2) is 7.46. The third kappa shape index (κ3) is 5.25. The molecule has 0 aromatic carbocycles. The molecule has 1 aliphatic rings. The van der Waals surface area contributed by atoms with Gasteiger partial charge in [-0.15, -0.1) is 0 Å². The van der Waals surface area contributed by atoms with E-state index in [1.165, 1.54) is 45.4 Å². The molecule has 0 aliphatic carbocycles. The lowest BCUT2D eigenvalue weighted by Crippen LogP contribution is -2.51. The van der Waals surface area contributed by atoms with E-state index in [2.05, 4.69) is 50.0 Å². The highest BCUT2D eigenvalue weighted by atomic mass is 15.2. The summed E-state index contributed by atoms with van der Waals surface area (Å²) >= 11 is 0. The predicted molar refractivity (Wildman–Crippen MR) is 80.1 cm³/mol. The molecule has 1 N–H and O–H groups in total. The fourth-order valence-electron chi connectivity index (χ4n) is 2.94. The van der Waals surface area contributed by atoms with Gasteiger partial charge in [0.05, 0.1) is 0 Å². The Morgan fingerprint density at radius 1 is 1.22 bits per heavy atom. The Morgan fingerprint density at radius 3 is 2.39 bits per heavy atom. The van der Waals surface area contributed by atoms with Gasteiger partial charge in [-0.3, -0.25) is 4.90 Å². The van der Waals surface area contributed by atoms with E-state index >= 15 is 0 Å². The Hall–Kier alpha value is -0.120. The van der Waals surface area contributed by atoms with E-state index in [1.807, 2.05) is 0 Å². The predicted octanol–water partition coefficient (Wildman–Crippen LogP) is 2.04. The first-order chi connectivity index (χ1) is 8.47. The van der Waals surface area contributed by atoms with Crippen molar-refractivity contribution in [3.8, 4) is 0 Å². The van der Waals surface area contributed by atoms with Crippen molar-refractivity contribution in [2.45, 2.75) is 45.6 Å². The average Bonchev–Trinajstić information content (AvgIpc) is 2.74. The van der Waals surface area contributed by atoms with Crippen molar-refractivity contribution >= 4 is 0 Å². The second-order valence-corrected chi connectivity index (χ2v) is 6.60. The molecule has 0 aromatic heterocycles. The zero-order chi connectivity index (χ0) is 13.6. The Morgan fingerprint density at radius 2 is 1.94 bits per heavy atom. The van der Waals surface area contributed by atoms with Crippen LogP contribution in [-0.4, -0.2) is 62.2 Å². The van der Waals surface area contributed by atoms with Crippen LogP contribution in [0.2, 0.25) is 0 Å². The second-order valence-electron chi connectivity index (χ2n) is 6.60. The lowest BCUT2D eigenvalue weighted by Gasteiger charge is -2.36. The topological polar surface area (TPSA) is 18.5 Å².